The molecule has 1 aromatic carbocycles. The van der Waals surface area contributed by atoms with Crippen LogP contribution in [0, 0.1) is 11.8 Å². The number of carbonyl (C=O) groups excluding carboxylic acids is 1. The van der Waals surface area contributed by atoms with Crippen molar-refractivity contribution in [1.29, 1.82) is 0 Å². The van der Waals surface area contributed by atoms with Crippen LogP contribution in [0.15, 0.2) is 30.5 Å². The molecule has 0 N–H and O–H groups in total. The minimum absolute atomic E-state index is 0.0191. The molecule has 0 radical (unpaired) electrons. The van der Waals surface area contributed by atoms with Crippen LogP contribution in [0.2, 0.25) is 0 Å². The average molecular weight is 407 g/mol. The Morgan fingerprint density at radius 1 is 1.24 bits per heavy atom. The molecule has 1 fully saturated rings. The molecule has 0 bridgehead atoms. The standard InChI is InChI=1S/C22H28F3N3O/c1-15-11-16(12-17(29)8-10-27(2)3)14-28(13-15)20-7-6-19(22(23,24)25)21-18(20)5-4-9-26-21/h4-7,9,15-16H,8,10-14H2,1-3H3/t15-,16-/m0/s1. The van der Waals surface area contributed by atoms with Gasteiger partial charge in [-0.15, -0.1) is 0 Å². The van der Waals surface area contributed by atoms with E-state index in [1.807, 2.05) is 19.0 Å². The topological polar surface area (TPSA) is 36.4 Å². The highest BCUT2D eigenvalue weighted by Gasteiger charge is 2.35. The predicted octanol–water partition coefficient (Wildman–Crippen LogP) is 4.63. The van der Waals surface area contributed by atoms with Crippen molar-refractivity contribution in [2.75, 3.05) is 38.6 Å². The number of piperidine rings is 1. The summed E-state index contributed by atoms with van der Waals surface area (Å²) in [5, 5.41) is 0.508. The molecule has 7 heteroatoms. The van der Waals surface area contributed by atoms with Gasteiger partial charge in [-0.1, -0.05) is 6.92 Å². The van der Waals surface area contributed by atoms with Gasteiger partial charge >= 0.3 is 6.18 Å². The van der Waals surface area contributed by atoms with E-state index < -0.39 is 11.7 Å². The number of rotatable bonds is 6. The largest absolute Gasteiger partial charge is 0.418 e. The van der Waals surface area contributed by atoms with E-state index >= 15 is 0 Å². The Bertz CT molecular complexity index is 866. The molecule has 2 atom stereocenters. The Labute approximate surface area is 169 Å². The van der Waals surface area contributed by atoms with Crippen molar-refractivity contribution < 1.29 is 18.0 Å². The molecular weight excluding hydrogens is 379 g/mol. The molecule has 0 spiro atoms. The number of pyridine rings is 1. The molecule has 0 unspecified atom stereocenters. The van der Waals surface area contributed by atoms with Gasteiger partial charge in [-0.3, -0.25) is 9.78 Å². The normalized spacial score (nSPS) is 20.4. The van der Waals surface area contributed by atoms with Crippen LogP contribution < -0.4 is 4.90 Å². The van der Waals surface area contributed by atoms with Crippen LogP contribution in [0.3, 0.4) is 0 Å². The Balaban J connectivity index is 1.84. The number of ketones is 1. The lowest BCUT2D eigenvalue weighted by Crippen LogP contribution is -2.40. The number of benzene rings is 1. The molecule has 3 rings (SSSR count). The van der Waals surface area contributed by atoms with E-state index in [9.17, 15) is 18.0 Å². The number of carbonyl (C=O) groups is 1. The lowest BCUT2D eigenvalue weighted by Gasteiger charge is -2.38. The maximum Gasteiger partial charge on any atom is 0.418 e. The maximum atomic E-state index is 13.4. The minimum atomic E-state index is -4.44. The second kappa shape index (κ2) is 8.69. The van der Waals surface area contributed by atoms with Crippen LogP contribution >= 0.6 is 0 Å². The van der Waals surface area contributed by atoms with E-state index in [2.05, 4.69) is 16.8 Å². The fourth-order valence-electron chi connectivity index (χ4n) is 4.26. The molecule has 158 valence electrons. The fourth-order valence-corrected chi connectivity index (χ4v) is 4.26. The lowest BCUT2D eigenvalue weighted by molar-refractivity contribution is -0.136. The minimum Gasteiger partial charge on any atom is -0.370 e. The Morgan fingerprint density at radius 2 is 2.00 bits per heavy atom. The SMILES string of the molecule is C[C@H]1C[C@@H](CC(=O)CCN(C)C)CN(c2ccc(C(F)(F)F)c3ncccc23)C1. The molecule has 1 aliphatic heterocycles. The van der Waals surface area contributed by atoms with Gasteiger partial charge in [0.2, 0.25) is 0 Å². The zero-order valence-electron chi connectivity index (χ0n) is 17.2. The first-order chi connectivity index (χ1) is 13.6. The maximum absolute atomic E-state index is 13.4. The molecule has 1 aliphatic rings. The lowest BCUT2D eigenvalue weighted by atomic mass is 9.86. The smallest absolute Gasteiger partial charge is 0.370 e. The summed E-state index contributed by atoms with van der Waals surface area (Å²) >= 11 is 0. The Morgan fingerprint density at radius 3 is 2.69 bits per heavy atom. The Kier molecular flexibility index (Phi) is 6.46. The quantitative estimate of drug-likeness (QED) is 0.700. The third kappa shape index (κ3) is 5.26. The van der Waals surface area contributed by atoms with Crippen molar-refractivity contribution in [3.8, 4) is 0 Å². The number of aromatic nitrogens is 1. The van der Waals surface area contributed by atoms with Crippen molar-refractivity contribution in [3.05, 3.63) is 36.0 Å². The van der Waals surface area contributed by atoms with Gasteiger partial charge in [-0.05, 0) is 56.6 Å². The first-order valence-electron chi connectivity index (χ1n) is 10.0. The van der Waals surface area contributed by atoms with Gasteiger partial charge in [0.15, 0.2) is 0 Å². The molecule has 0 aliphatic carbocycles. The highest BCUT2D eigenvalue weighted by atomic mass is 19.4. The van der Waals surface area contributed by atoms with Crippen molar-refractivity contribution in [2.24, 2.45) is 11.8 Å². The molecule has 2 aromatic rings. The molecule has 1 saturated heterocycles. The number of hydrogen-bond donors (Lipinski definition) is 0. The summed E-state index contributed by atoms with van der Waals surface area (Å²) in [5.74, 6) is 0.823. The zero-order valence-corrected chi connectivity index (χ0v) is 17.2. The van der Waals surface area contributed by atoms with Gasteiger partial charge in [-0.25, -0.2) is 0 Å². The number of fused-ring (bicyclic) bond motifs is 1. The van der Waals surface area contributed by atoms with E-state index in [0.717, 1.165) is 31.3 Å². The number of anilines is 1. The first kappa shape index (κ1) is 21.6. The van der Waals surface area contributed by atoms with Crippen LogP contribution in [0.5, 0.6) is 0 Å². The summed E-state index contributed by atoms with van der Waals surface area (Å²) in [7, 11) is 3.89. The number of hydrogen-bond acceptors (Lipinski definition) is 4. The van der Waals surface area contributed by atoms with Crippen molar-refractivity contribution in [3.63, 3.8) is 0 Å². The molecule has 2 heterocycles. The molecule has 29 heavy (non-hydrogen) atoms. The molecule has 0 saturated carbocycles. The van der Waals surface area contributed by atoms with Gasteiger partial charge < -0.3 is 9.80 Å². The average Bonchev–Trinajstić information content (AvgIpc) is 2.64. The molecule has 1 aromatic heterocycles. The van der Waals surface area contributed by atoms with E-state index in [4.69, 9.17) is 0 Å². The molecule has 0 amide bonds. The third-order valence-electron chi connectivity index (χ3n) is 5.49. The molecular formula is C22H28F3N3O. The van der Waals surface area contributed by atoms with Crippen molar-refractivity contribution in [2.45, 2.75) is 32.4 Å². The number of alkyl halides is 3. The fraction of sp³-hybridized carbons (Fsp3) is 0.545. The van der Waals surface area contributed by atoms with Crippen LogP contribution in [-0.2, 0) is 11.0 Å². The van der Waals surface area contributed by atoms with Gasteiger partial charge in [0.25, 0.3) is 0 Å². The second-order valence-electron chi connectivity index (χ2n) is 8.44. The van der Waals surface area contributed by atoms with Crippen molar-refractivity contribution >= 4 is 22.4 Å². The Hall–Kier alpha value is -2.15. The van der Waals surface area contributed by atoms with Gasteiger partial charge in [0, 0.05) is 49.7 Å². The van der Waals surface area contributed by atoms with Crippen LogP contribution in [0.4, 0.5) is 18.9 Å². The van der Waals surface area contributed by atoms with Gasteiger partial charge in [0.05, 0.1) is 11.1 Å². The van der Waals surface area contributed by atoms with E-state index in [1.54, 1.807) is 18.2 Å². The third-order valence-corrected chi connectivity index (χ3v) is 5.49. The van der Waals surface area contributed by atoms with Crippen LogP contribution in [0.25, 0.3) is 10.9 Å². The number of halogens is 3. The highest BCUT2D eigenvalue weighted by molar-refractivity contribution is 5.94. The van der Waals surface area contributed by atoms with Crippen LogP contribution in [-0.4, -0.2) is 49.4 Å². The van der Waals surface area contributed by atoms with E-state index in [1.165, 1.54) is 6.20 Å². The van der Waals surface area contributed by atoms with E-state index in [0.29, 0.717) is 30.7 Å². The van der Waals surface area contributed by atoms with Crippen molar-refractivity contribution in [1.82, 2.24) is 9.88 Å². The summed E-state index contributed by atoms with van der Waals surface area (Å²) in [6.45, 7) is 4.30. The summed E-state index contributed by atoms with van der Waals surface area (Å²) in [4.78, 5) is 20.5. The van der Waals surface area contributed by atoms with Crippen LogP contribution in [0.1, 0.15) is 31.7 Å². The first-order valence-corrected chi connectivity index (χ1v) is 10.0. The summed E-state index contributed by atoms with van der Waals surface area (Å²) in [5.41, 5.74) is 0.0325. The zero-order chi connectivity index (χ0) is 21.2. The van der Waals surface area contributed by atoms with E-state index in [-0.39, 0.29) is 17.2 Å². The summed E-state index contributed by atoms with van der Waals surface area (Å²) in [6.07, 6.45) is -1.04. The molecule has 4 nitrogen and oxygen atoms in total. The summed E-state index contributed by atoms with van der Waals surface area (Å²) in [6, 6.07) is 6.04. The van der Waals surface area contributed by atoms with Gasteiger partial charge in [0.1, 0.15) is 5.78 Å². The number of nitrogens with zero attached hydrogens (tertiary/aromatic N) is 3. The predicted molar refractivity (Wildman–Crippen MR) is 109 cm³/mol. The summed E-state index contributed by atoms with van der Waals surface area (Å²) < 4.78 is 40.2. The number of Topliss-reactive ketones (excluding diaryl/α,β-unsaturated/α-hetero) is 1. The monoisotopic (exact) mass is 407 g/mol. The van der Waals surface area contributed by atoms with Gasteiger partial charge in [-0.2, -0.15) is 13.2 Å². The highest BCUT2D eigenvalue weighted by Crippen LogP contribution is 2.39. The second-order valence-corrected chi connectivity index (χ2v) is 8.44.